The predicted molar refractivity (Wildman–Crippen MR) is 79.2 cm³/mol. The fourth-order valence-electron chi connectivity index (χ4n) is 1.86. The second-order valence-electron chi connectivity index (χ2n) is 4.64. The molecule has 1 atom stereocenters. The first-order valence-electron chi connectivity index (χ1n) is 6.79. The highest BCUT2D eigenvalue weighted by Crippen LogP contribution is 2.19. The lowest BCUT2D eigenvalue weighted by atomic mass is 10.1. The van der Waals surface area contributed by atoms with Crippen LogP contribution in [0.2, 0.25) is 0 Å². The van der Waals surface area contributed by atoms with Crippen molar-refractivity contribution >= 4 is 0 Å². The minimum absolute atomic E-state index is 0.233. The molecule has 0 fully saturated rings. The fourth-order valence-corrected chi connectivity index (χ4v) is 1.86. The van der Waals surface area contributed by atoms with Crippen molar-refractivity contribution in [3.8, 4) is 11.5 Å². The summed E-state index contributed by atoms with van der Waals surface area (Å²) in [4.78, 5) is 0. The van der Waals surface area contributed by atoms with E-state index in [4.69, 9.17) is 9.47 Å². The van der Waals surface area contributed by atoms with Crippen molar-refractivity contribution in [1.82, 2.24) is 0 Å². The fraction of sp³-hybridized carbons (Fsp3) is 0.294. The molecule has 2 rings (SSSR count). The molecule has 20 heavy (non-hydrogen) atoms. The molecule has 3 heteroatoms. The van der Waals surface area contributed by atoms with Crippen molar-refractivity contribution in [2.45, 2.75) is 20.0 Å². The van der Waals surface area contributed by atoms with Crippen LogP contribution in [-0.4, -0.2) is 18.3 Å². The summed E-state index contributed by atoms with van der Waals surface area (Å²) in [5.41, 5.74) is 2.00. The van der Waals surface area contributed by atoms with Crippen molar-refractivity contribution in [1.29, 1.82) is 0 Å². The third-order valence-electron chi connectivity index (χ3n) is 3.00. The third kappa shape index (κ3) is 4.00. The summed E-state index contributed by atoms with van der Waals surface area (Å²) in [5.74, 6) is 1.57. The van der Waals surface area contributed by atoms with Gasteiger partial charge in [-0.25, -0.2) is 0 Å². The Hall–Kier alpha value is -2.00. The van der Waals surface area contributed by atoms with Gasteiger partial charge in [0.05, 0.1) is 6.61 Å². The van der Waals surface area contributed by atoms with Crippen LogP contribution >= 0.6 is 0 Å². The number of hydrogen-bond acceptors (Lipinski definition) is 3. The molecule has 2 aromatic rings. The van der Waals surface area contributed by atoms with Gasteiger partial charge in [0.15, 0.2) is 0 Å². The first-order chi connectivity index (χ1) is 9.69. The Bertz CT molecular complexity index is 517. The van der Waals surface area contributed by atoms with Gasteiger partial charge in [-0.2, -0.15) is 0 Å². The Morgan fingerprint density at radius 1 is 0.900 bits per heavy atom. The van der Waals surface area contributed by atoms with E-state index in [-0.39, 0.29) is 6.61 Å². The lowest BCUT2D eigenvalue weighted by molar-refractivity contribution is 0.108. The normalized spacial score (nSPS) is 11.9. The van der Waals surface area contributed by atoms with Crippen molar-refractivity contribution in [2.24, 2.45) is 0 Å². The van der Waals surface area contributed by atoms with Gasteiger partial charge in [0, 0.05) is 0 Å². The summed E-state index contributed by atoms with van der Waals surface area (Å²) in [6.45, 7) is 4.84. The molecule has 0 bridgehead atoms. The molecule has 0 heterocycles. The second kappa shape index (κ2) is 6.96. The maximum atomic E-state index is 10.1. The maximum absolute atomic E-state index is 10.1. The van der Waals surface area contributed by atoms with Gasteiger partial charge in [0.2, 0.25) is 0 Å². The molecule has 0 aromatic heterocycles. The average Bonchev–Trinajstić information content (AvgIpc) is 2.47. The number of ether oxygens (including phenoxy) is 2. The maximum Gasteiger partial charge on any atom is 0.119 e. The Kier molecular flexibility index (Phi) is 5.02. The zero-order valence-electron chi connectivity index (χ0n) is 11.9. The van der Waals surface area contributed by atoms with Gasteiger partial charge in [-0.15, -0.1) is 0 Å². The predicted octanol–water partition coefficient (Wildman–Crippen LogP) is 3.51. The van der Waals surface area contributed by atoms with Crippen molar-refractivity contribution in [2.75, 3.05) is 13.2 Å². The van der Waals surface area contributed by atoms with E-state index >= 15 is 0 Å². The van der Waals surface area contributed by atoms with Gasteiger partial charge in [-0.3, -0.25) is 0 Å². The summed E-state index contributed by atoms with van der Waals surface area (Å²) in [7, 11) is 0. The SMILES string of the molecule is CCOc1ccc(C(O)COc2ccc(C)cc2)cc1. The highest BCUT2D eigenvalue weighted by atomic mass is 16.5. The van der Waals surface area contributed by atoms with Gasteiger partial charge < -0.3 is 14.6 Å². The van der Waals surface area contributed by atoms with E-state index in [0.717, 1.165) is 17.1 Å². The number of aryl methyl sites for hydroxylation is 1. The number of aliphatic hydroxyl groups is 1. The Balaban J connectivity index is 1.90. The summed E-state index contributed by atoms with van der Waals surface area (Å²) in [6, 6.07) is 15.2. The molecule has 0 aliphatic rings. The highest BCUT2D eigenvalue weighted by molar-refractivity contribution is 5.29. The molecule has 1 N–H and O–H groups in total. The largest absolute Gasteiger partial charge is 0.494 e. The van der Waals surface area contributed by atoms with Crippen LogP contribution in [0, 0.1) is 6.92 Å². The first kappa shape index (κ1) is 14.4. The highest BCUT2D eigenvalue weighted by Gasteiger charge is 2.08. The third-order valence-corrected chi connectivity index (χ3v) is 3.00. The van der Waals surface area contributed by atoms with Crippen LogP contribution < -0.4 is 9.47 Å². The van der Waals surface area contributed by atoms with Crippen LogP contribution in [0.5, 0.6) is 11.5 Å². The molecule has 2 aromatic carbocycles. The Labute approximate surface area is 119 Å². The monoisotopic (exact) mass is 272 g/mol. The number of benzene rings is 2. The van der Waals surface area contributed by atoms with E-state index in [1.807, 2.05) is 62.4 Å². The van der Waals surface area contributed by atoms with Crippen LogP contribution in [-0.2, 0) is 0 Å². The van der Waals surface area contributed by atoms with Crippen molar-refractivity contribution in [3.05, 3.63) is 59.7 Å². The molecule has 0 saturated carbocycles. The van der Waals surface area contributed by atoms with Crippen LogP contribution in [0.1, 0.15) is 24.2 Å². The Morgan fingerprint density at radius 3 is 2.05 bits per heavy atom. The topological polar surface area (TPSA) is 38.7 Å². The standard InChI is InChI=1S/C17H20O3/c1-3-19-15-10-6-14(7-11-15)17(18)12-20-16-8-4-13(2)5-9-16/h4-11,17-18H,3,12H2,1-2H3. The van der Waals surface area contributed by atoms with Gasteiger partial charge in [-0.1, -0.05) is 29.8 Å². The van der Waals surface area contributed by atoms with E-state index in [9.17, 15) is 5.11 Å². The number of hydrogen-bond donors (Lipinski definition) is 1. The summed E-state index contributed by atoms with van der Waals surface area (Å²) < 4.78 is 10.9. The molecule has 0 aliphatic heterocycles. The number of aliphatic hydroxyl groups excluding tert-OH is 1. The summed E-state index contributed by atoms with van der Waals surface area (Å²) in [5, 5.41) is 10.1. The lowest BCUT2D eigenvalue weighted by Crippen LogP contribution is -2.09. The van der Waals surface area contributed by atoms with Gasteiger partial charge >= 0.3 is 0 Å². The average molecular weight is 272 g/mol. The van der Waals surface area contributed by atoms with E-state index in [1.165, 1.54) is 5.56 Å². The van der Waals surface area contributed by atoms with Gasteiger partial charge in [0.25, 0.3) is 0 Å². The molecule has 0 amide bonds. The smallest absolute Gasteiger partial charge is 0.119 e. The molecule has 0 radical (unpaired) electrons. The van der Waals surface area contributed by atoms with Gasteiger partial charge in [-0.05, 0) is 43.7 Å². The molecule has 0 spiro atoms. The minimum atomic E-state index is -0.646. The van der Waals surface area contributed by atoms with Crippen LogP contribution in [0.4, 0.5) is 0 Å². The van der Waals surface area contributed by atoms with Crippen molar-refractivity contribution < 1.29 is 14.6 Å². The lowest BCUT2D eigenvalue weighted by Gasteiger charge is -2.13. The van der Waals surface area contributed by atoms with E-state index in [1.54, 1.807) is 0 Å². The summed E-state index contributed by atoms with van der Waals surface area (Å²) >= 11 is 0. The Morgan fingerprint density at radius 2 is 1.45 bits per heavy atom. The molecular weight excluding hydrogens is 252 g/mol. The molecule has 106 valence electrons. The van der Waals surface area contributed by atoms with Crippen LogP contribution in [0.25, 0.3) is 0 Å². The van der Waals surface area contributed by atoms with Gasteiger partial charge in [0.1, 0.15) is 24.2 Å². The molecule has 0 saturated heterocycles. The first-order valence-corrected chi connectivity index (χ1v) is 6.79. The minimum Gasteiger partial charge on any atom is -0.494 e. The zero-order valence-corrected chi connectivity index (χ0v) is 11.9. The molecular formula is C17H20O3. The second-order valence-corrected chi connectivity index (χ2v) is 4.64. The molecule has 3 nitrogen and oxygen atoms in total. The zero-order chi connectivity index (χ0) is 14.4. The van der Waals surface area contributed by atoms with E-state index in [0.29, 0.717) is 6.61 Å². The van der Waals surface area contributed by atoms with Crippen LogP contribution in [0.3, 0.4) is 0 Å². The molecule has 1 unspecified atom stereocenters. The number of rotatable bonds is 6. The van der Waals surface area contributed by atoms with Crippen LogP contribution in [0.15, 0.2) is 48.5 Å². The van der Waals surface area contributed by atoms with Crippen molar-refractivity contribution in [3.63, 3.8) is 0 Å². The van der Waals surface area contributed by atoms with E-state index < -0.39 is 6.10 Å². The molecule has 0 aliphatic carbocycles. The summed E-state index contributed by atoms with van der Waals surface area (Å²) in [6.07, 6.45) is -0.646. The quantitative estimate of drug-likeness (QED) is 0.874. The van der Waals surface area contributed by atoms with E-state index in [2.05, 4.69) is 0 Å².